The maximum absolute atomic E-state index is 9.75. The van der Waals surface area contributed by atoms with Gasteiger partial charge < -0.3 is 0 Å². The van der Waals surface area contributed by atoms with E-state index in [1.807, 2.05) is 0 Å². The largest absolute Gasteiger partial charge is 0.235 e. The number of hydrogen-bond donors (Lipinski definition) is 0. The SMILES string of the molecule is C=C1CCC(N=C=O)C1. The molecule has 0 aromatic heterocycles. The molecule has 0 aromatic carbocycles. The fourth-order valence-corrected chi connectivity index (χ4v) is 1.09. The van der Waals surface area contributed by atoms with Crippen LogP contribution in [-0.2, 0) is 4.79 Å². The van der Waals surface area contributed by atoms with Crippen molar-refractivity contribution in [2.24, 2.45) is 4.99 Å². The molecule has 0 heterocycles. The molecule has 2 nitrogen and oxygen atoms in total. The van der Waals surface area contributed by atoms with Gasteiger partial charge in [0.2, 0.25) is 6.08 Å². The van der Waals surface area contributed by atoms with Crippen molar-refractivity contribution in [2.75, 3.05) is 0 Å². The Kier molecular flexibility index (Phi) is 1.81. The number of isocyanates is 1. The van der Waals surface area contributed by atoms with E-state index in [0.29, 0.717) is 0 Å². The first kappa shape index (κ1) is 6.24. The highest BCUT2D eigenvalue weighted by Crippen LogP contribution is 2.24. The van der Waals surface area contributed by atoms with Crippen LogP contribution in [0.2, 0.25) is 0 Å². The monoisotopic (exact) mass is 123 g/mol. The maximum Gasteiger partial charge on any atom is 0.235 e. The second kappa shape index (κ2) is 2.60. The van der Waals surface area contributed by atoms with Crippen LogP contribution in [0.3, 0.4) is 0 Å². The minimum Gasteiger partial charge on any atom is -0.211 e. The fraction of sp³-hybridized carbons (Fsp3) is 0.571. The van der Waals surface area contributed by atoms with Crippen LogP contribution >= 0.6 is 0 Å². The van der Waals surface area contributed by atoms with Crippen molar-refractivity contribution >= 4 is 6.08 Å². The van der Waals surface area contributed by atoms with Gasteiger partial charge in [-0.3, -0.25) is 0 Å². The van der Waals surface area contributed by atoms with E-state index in [0.717, 1.165) is 19.3 Å². The zero-order chi connectivity index (χ0) is 6.69. The van der Waals surface area contributed by atoms with Crippen LogP contribution in [0, 0.1) is 0 Å². The molecule has 1 rings (SSSR count). The molecule has 1 atom stereocenters. The smallest absolute Gasteiger partial charge is 0.211 e. The highest BCUT2D eigenvalue weighted by molar-refractivity contribution is 5.34. The summed E-state index contributed by atoms with van der Waals surface area (Å²) >= 11 is 0. The summed E-state index contributed by atoms with van der Waals surface area (Å²) in [4.78, 5) is 13.4. The molecule has 0 radical (unpaired) electrons. The summed E-state index contributed by atoms with van der Waals surface area (Å²) in [5.41, 5.74) is 1.21. The Balaban J connectivity index is 2.48. The molecule has 1 aliphatic rings. The molecule has 0 aliphatic heterocycles. The molecule has 9 heavy (non-hydrogen) atoms. The standard InChI is InChI=1S/C7H9NO/c1-6-2-3-7(4-6)8-5-9/h7H,1-4H2. The second-order valence-electron chi connectivity index (χ2n) is 2.37. The molecule has 1 fully saturated rings. The van der Waals surface area contributed by atoms with E-state index < -0.39 is 0 Å². The first-order valence-corrected chi connectivity index (χ1v) is 3.06. The molecule has 0 spiro atoms. The van der Waals surface area contributed by atoms with Crippen LogP contribution in [-0.4, -0.2) is 12.1 Å². The zero-order valence-corrected chi connectivity index (χ0v) is 5.26. The number of carbonyl (C=O) groups excluding carboxylic acids is 1. The first-order chi connectivity index (χ1) is 4.33. The third kappa shape index (κ3) is 1.51. The summed E-state index contributed by atoms with van der Waals surface area (Å²) in [5, 5.41) is 0. The fourth-order valence-electron chi connectivity index (χ4n) is 1.09. The molecule has 0 amide bonds. The molecule has 1 unspecified atom stereocenters. The predicted molar refractivity (Wildman–Crippen MR) is 34.9 cm³/mol. The van der Waals surface area contributed by atoms with E-state index in [2.05, 4.69) is 11.6 Å². The van der Waals surface area contributed by atoms with Crippen LogP contribution in [0.15, 0.2) is 17.1 Å². The van der Waals surface area contributed by atoms with Crippen LogP contribution in [0.4, 0.5) is 0 Å². The molecule has 1 saturated carbocycles. The summed E-state index contributed by atoms with van der Waals surface area (Å²) in [6.07, 6.45) is 4.45. The third-order valence-corrected chi connectivity index (χ3v) is 1.59. The van der Waals surface area contributed by atoms with Crippen molar-refractivity contribution in [1.82, 2.24) is 0 Å². The Hall–Kier alpha value is -0.880. The average molecular weight is 123 g/mol. The van der Waals surface area contributed by atoms with Crippen molar-refractivity contribution in [3.8, 4) is 0 Å². The van der Waals surface area contributed by atoms with Gasteiger partial charge >= 0.3 is 0 Å². The van der Waals surface area contributed by atoms with E-state index in [9.17, 15) is 4.79 Å². The van der Waals surface area contributed by atoms with Crippen molar-refractivity contribution < 1.29 is 4.79 Å². The lowest BCUT2D eigenvalue weighted by Crippen LogP contribution is -1.93. The van der Waals surface area contributed by atoms with Crippen LogP contribution in [0.5, 0.6) is 0 Å². The molecule has 0 aromatic rings. The Labute approximate surface area is 54.3 Å². The zero-order valence-electron chi connectivity index (χ0n) is 5.26. The van der Waals surface area contributed by atoms with Gasteiger partial charge in [0.25, 0.3) is 0 Å². The summed E-state index contributed by atoms with van der Waals surface area (Å²) < 4.78 is 0. The molecule has 0 N–H and O–H groups in total. The number of nitrogens with zero attached hydrogens (tertiary/aromatic N) is 1. The van der Waals surface area contributed by atoms with E-state index in [4.69, 9.17) is 0 Å². The molecule has 0 saturated heterocycles. The van der Waals surface area contributed by atoms with Gasteiger partial charge in [-0.2, -0.15) is 0 Å². The summed E-state index contributed by atoms with van der Waals surface area (Å²) in [6, 6.07) is 0.190. The molecule has 48 valence electrons. The summed E-state index contributed by atoms with van der Waals surface area (Å²) in [6.45, 7) is 3.80. The van der Waals surface area contributed by atoms with Crippen molar-refractivity contribution in [1.29, 1.82) is 0 Å². The molecule has 2 heteroatoms. The van der Waals surface area contributed by atoms with Crippen molar-refractivity contribution in [3.05, 3.63) is 12.2 Å². The quantitative estimate of drug-likeness (QED) is 0.294. The van der Waals surface area contributed by atoms with E-state index in [1.165, 1.54) is 5.57 Å². The summed E-state index contributed by atoms with van der Waals surface area (Å²) in [5.74, 6) is 0. The van der Waals surface area contributed by atoms with Gasteiger partial charge in [-0.05, 0) is 19.3 Å². The van der Waals surface area contributed by atoms with Crippen molar-refractivity contribution in [2.45, 2.75) is 25.3 Å². The third-order valence-electron chi connectivity index (χ3n) is 1.59. The molecular weight excluding hydrogens is 114 g/mol. The lowest BCUT2D eigenvalue weighted by atomic mass is 10.2. The van der Waals surface area contributed by atoms with Crippen LogP contribution in [0.25, 0.3) is 0 Å². The molecule has 1 aliphatic carbocycles. The van der Waals surface area contributed by atoms with E-state index >= 15 is 0 Å². The Morgan fingerprint density at radius 3 is 3.00 bits per heavy atom. The lowest BCUT2D eigenvalue weighted by molar-refractivity contribution is 0.557. The van der Waals surface area contributed by atoms with Gasteiger partial charge in [-0.25, -0.2) is 9.79 Å². The van der Waals surface area contributed by atoms with E-state index in [1.54, 1.807) is 6.08 Å². The Morgan fingerprint density at radius 1 is 1.78 bits per heavy atom. The average Bonchev–Trinajstić information content (AvgIpc) is 2.17. The van der Waals surface area contributed by atoms with Gasteiger partial charge in [0.05, 0.1) is 6.04 Å². The normalized spacial score (nSPS) is 25.8. The number of rotatable bonds is 1. The molecular formula is C7H9NO. The lowest BCUT2D eigenvalue weighted by Gasteiger charge is -1.93. The van der Waals surface area contributed by atoms with Crippen molar-refractivity contribution in [3.63, 3.8) is 0 Å². The first-order valence-electron chi connectivity index (χ1n) is 3.06. The highest BCUT2D eigenvalue weighted by Gasteiger charge is 2.15. The summed E-state index contributed by atoms with van der Waals surface area (Å²) in [7, 11) is 0. The van der Waals surface area contributed by atoms with Gasteiger partial charge in [0, 0.05) is 0 Å². The van der Waals surface area contributed by atoms with Gasteiger partial charge in [0.15, 0.2) is 0 Å². The minimum absolute atomic E-state index is 0.190. The predicted octanol–water partition coefficient (Wildman–Crippen LogP) is 1.43. The van der Waals surface area contributed by atoms with Crippen LogP contribution < -0.4 is 0 Å². The Bertz CT molecular complexity index is 168. The Morgan fingerprint density at radius 2 is 2.56 bits per heavy atom. The van der Waals surface area contributed by atoms with Crippen LogP contribution in [0.1, 0.15) is 19.3 Å². The highest BCUT2D eigenvalue weighted by atomic mass is 16.1. The maximum atomic E-state index is 9.75. The van der Waals surface area contributed by atoms with Gasteiger partial charge in [-0.1, -0.05) is 12.2 Å². The van der Waals surface area contributed by atoms with Gasteiger partial charge in [0.1, 0.15) is 0 Å². The molecule has 0 bridgehead atoms. The van der Waals surface area contributed by atoms with Gasteiger partial charge in [-0.15, -0.1) is 0 Å². The van der Waals surface area contributed by atoms with E-state index in [-0.39, 0.29) is 6.04 Å². The topological polar surface area (TPSA) is 29.4 Å². The number of aliphatic imine (C=N–C) groups is 1. The number of hydrogen-bond acceptors (Lipinski definition) is 2. The second-order valence-corrected chi connectivity index (χ2v) is 2.37. The minimum atomic E-state index is 0.190.